The Morgan fingerprint density at radius 3 is 2.65 bits per heavy atom. The Hall–Kier alpha value is -0.910. The lowest BCUT2D eigenvalue weighted by Gasteiger charge is -2.17. The third-order valence-electron chi connectivity index (χ3n) is 2.92. The zero-order chi connectivity index (χ0) is 12.5. The first kappa shape index (κ1) is 12.5. The van der Waals surface area contributed by atoms with E-state index in [-0.39, 0.29) is 0 Å². The minimum Gasteiger partial charge on any atom is -0.195 e. The highest BCUT2D eigenvalue weighted by molar-refractivity contribution is 7.87. The summed E-state index contributed by atoms with van der Waals surface area (Å²) in [6.07, 6.45) is 0.755. The van der Waals surface area contributed by atoms with Crippen molar-refractivity contribution >= 4 is 10.2 Å². The average molecular weight is 254 g/mol. The van der Waals surface area contributed by atoms with E-state index in [9.17, 15) is 8.42 Å². The van der Waals surface area contributed by atoms with Crippen molar-refractivity contribution in [3.8, 4) is 0 Å². The van der Waals surface area contributed by atoms with E-state index in [1.165, 1.54) is 19.7 Å². The predicted octanol–water partition coefficient (Wildman–Crippen LogP) is 1.03. The maximum atomic E-state index is 11.8. The van der Waals surface area contributed by atoms with Crippen LogP contribution >= 0.6 is 0 Å². The molecule has 0 aromatic heterocycles. The first-order valence-corrected chi connectivity index (χ1v) is 7.17. The molecule has 0 radical (unpaired) electrons. The van der Waals surface area contributed by atoms with Gasteiger partial charge in [0, 0.05) is 26.7 Å². The third-order valence-corrected chi connectivity index (χ3v) is 4.91. The van der Waals surface area contributed by atoms with Gasteiger partial charge in [-0.3, -0.25) is 0 Å². The Morgan fingerprint density at radius 1 is 1.35 bits per heavy atom. The van der Waals surface area contributed by atoms with E-state index in [0.717, 1.165) is 6.42 Å². The van der Waals surface area contributed by atoms with Crippen molar-refractivity contribution in [2.75, 3.05) is 26.7 Å². The summed E-state index contributed by atoms with van der Waals surface area (Å²) in [7, 11) is -1.54. The maximum Gasteiger partial charge on any atom is 0.281 e. The predicted molar refractivity (Wildman–Crippen MR) is 68.0 cm³/mol. The van der Waals surface area contributed by atoms with Crippen LogP contribution in [0.1, 0.15) is 11.1 Å². The van der Waals surface area contributed by atoms with Gasteiger partial charge in [0.25, 0.3) is 10.2 Å². The van der Waals surface area contributed by atoms with Crippen molar-refractivity contribution < 1.29 is 8.42 Å². The molecule has 17 heavy (non-hydrogen) atoms. The maximum absolute atomic E-state index is 11.8. The number of rotatable bonds is 5. The highest BCUT2D eigenvalue weighted by Gasteiger charge is 2.34. The van der Waals surface area contributed by atoms with Gasteiger partial charge in [0.15, 0.2) is 0 Å². The van der Waals surface area contributed by atoms with Crippen LogP contribution in [-0.2, 0) is 16.6 Å². The second-order valence-electron chi connectivity index (χ2n) is 4.47. The normalized spacial score (nSPS) is 16.4. The first-order valence-electron chi connectivity index (χ1n) is 5.77. The van der Waals surface area contributed by atoms with E-state index in [0.29, 0.717) is 19.6 Å². The molecule has 1 heterocycles. The second kappa shape index (κ2) is 4.76. The Morgan fingerprint density at radius 2 is 2.06 bits per heavy atom. The van der Waals surface area contributed by atoms with Crippen molar-refractivity contribution in [1.29, 1.82) is 0 Å². The van der Waals surface area contributed by atoms with Crippen molar-refractivity contribution in [2.24, 2.45) is 0 Å². The number of aryl methyl sites for hydroxylation is 1. The summed E-state index contributed by atoms with van der Waals surface area (Å²) in [5.74, 6) is 0. The van der Waals surface area contributed by atoms with E-state index in [2.05, 4.69) is 6.07 Å². The van der Waals surface area contributed by atoms with Crippen LogP contribution in [0.4, 0.5) is 0 Å². The number of hydrogen-bond donors (Lipinski definition) is 0. The number of hydrogen-bond acceptors (Lipinski definition) is 2. The zero-order valence-electron chi connectivity index (χ0n) is 10.3. The van der Waals surface area contributed by atoms with Crippen LogP contribution in [0.3, 0.4) is 0 Å². The molecule has 1 aromatic rings. The fourth-order valence-electron chi connectivity index (χ4n) is 1.74. The van der Waals surface area contributed by atoms with E-state index >= 15 is 0 Å². The van der Waals surface area contributed by atoms with Gasteiger partial charge in [-0.2, -0.15) is 17.0 Å². The van der Waals surface area contributed by atoms with Crippen molar-refractivity contribution in [1.82, 2.24) is 8.61 Å². The van der Waals surface area contributed by atoms with Gasteiger partial charge in [0.05, 0.1) is 0 Å². The second-order valence-corrected chi connectivity index (χ2v) is 6.50. The van der Waals surface area contributed by atoms with Gasteiger partial charge < -0.3 is 0 Å². The van der Waals surface area contributed by atoms with Crippen LogP contribution < -0.4 is 0 Å². The Labute approximate surface area is 103 Å². The van der Waals surface area contributed by atoms with E-state index < -0.39 is 10.2 Å². The Kier molecular flexibility index (Phi) is 3.51. The lowest BCUT2D eigenvalue weighted by atomic mass is 10.1. The molecule has 1 aromatic carbocycles. The molecule has 94 valence electrons. The topological polar surface area (TPSA) is 40.4 Å². The van der Waals surface area contributed by atoms with Crippen LogP contribution in [0.5, 0.6) is 0 Å². The smallest absolute Gasteiger partial charge is 0.195 e. The molecule has 0 N–H and O–H groups in total. The number of nitrogens with zero attached hydrogens (tertiary/aromatic N) is 2. The molecule has 1 aliphatic rings. The van der Waals surface area contributed by atoms with Crippen LogP contribution in [-0.4, -0.2) is 43.7 Å². The lowest BCUT2D eigenvalue weighted by molar-refractivity contribution is 0.445. The SMILES string of the molecule is Cc1cccc(CCN(C)S(=O)(=O)N2CC2)c1. The van der Waals surface area contributed by atoms with Gasteiger partial charge >= 0.3 is 0 Å². The average Bonchev–Trinajstić information content (AvgIpc) is 3.09. The van der Waals surface area contributed by atoms with Crippen molar-refractivity contribution in [3.05, 3.63) is 35.4 Å². The monoisotopic (exact) mass is 254 g/mol. The Bertz CT molecular complexity index is 495. The minimum atomic E-state index is -3.18. The van der Waals surface area contributed by atoms with Gasteiger partial charge in [-0.25, -0.2) is 0 Å². The van der Waals surface area contributed by atoms with Gasteiger partial charge in [-0.05, 0) is 18.9 Å². The fraction of sp³-hybridized carbons (Fsp3) is 0.500. The summed E-state index contributed by atoms with van der Waals surface area (Å²) in [5, 5.41) is 0. The molecule has 0 aliphatic carbocycles. The molecule has 4 nitrogen and oxygen atoms in total. The number of likely N-dealkylation sites (N-methyl/N-ethyl adjacent to an activating group) is 1. The molecule has 5 heteroatoms. The van der Waals surface area contributed by atoms with E-state index in [1.54, 1.807) is 7.05 Å². The quantitative estimate of drug-likeness (QED) is 0.736. The van der Waals surface area contributed by atoms with Gasteiger partial charge in [-0.15, -0.1) is 0 Å². The van der Waals surface area contributed by atoms with Crippen LogP contribution in [0.2, 0.25) is 0 Å². The summed E-state index contributed by atoms with van der Waals surface area (Å²) in [5.41, 5.74) is 2.39. The lowest BCUT2D eigenvalue weighted by Crippen LogP contribution is -2.33. The Balaban J connectivity index is 1.94. The van der Waals surface area contributed by atoms with Gasteiger partial charge in [-0.1, -0.05) is 29.8 Å². The van der Waals surface area contributed by atoms with Crippen molar-refractivity contribution in [3.63, 3.8) is 0 Å². The fourth-order valence-corrected chi connectivity index (χ4v) is 3.00. The minimum absolute atomic E-state index is 0.530. The molecular formula is C12H18N2O2S. The highest BCUT2D eigenvalue weighted by Crippen LogP contribution is 2.15. The molecular weight excluding hydrogens is 236 g/mol. The molecule has 1 saturated heterocycles. The standard InChI is InChI=1S/C12H18N2O2S/c1-11-4-3-5-12(10-11)6-7-13(2)17(15,16)14-8-9-14/h3-5,10H,6-9H2,1-2H3. The summed E-state index contributed by atoms with van der Waals surface area (Å²) in [4.78, 5) is 0. The largest absolute Gasteiger partial charge is 0.281 e. The van der Waals surface area contributed by atoms with E-state index in [4.69, 9.17) is 0 Å². The first-order chi connectivity index (χ1) is 8.00. The zero-order valence-corrected chi connectivity index (χ0v) is 11.1. The summed E-state index contributed by atoms with van der Waals surface area (Å²) >= 11 is 0. The molecule has 1 aliphatic heterocycles. The summed E-state index contributed by atoms with van der Waals surface area (Å²) in [6, 6.07) is 8.17. The molecule has 1 fully saturated rings. The molecule has 2 rings (SSSR count). The highest BCUT2D eigenvalue weighted by atomic mass is 32.2. The molecule has 0 unspecified atom stereocenters. The van der Waals surface area contributed by atoms with Gasteiger partial charge in [0.1, 0.15) is 0 Å². The van der Waals surface area contributed by atoms with Crippen LogP contribution in [0.25, 0.3) is 0 Å². The van der Waals surface area contributed by atoms with Crippen molar-refractivity contribution in [2.45, 2.75) is 13.3 Å². The molecule has 0 bridgehead atoms. The molecule has 0 amide bonds. The van der Waals surface area contributed by atoms with Crippen LogP contribution in [0, 0.1) is 6.92 Å². The molecule has 0 spiro atoms. The molecule has 0 atom stereocenters. The van der Waals surface area contributed by atoms with Crippen LogP contribution in [0.15, 0.2) is 24.3 Å². The number of benzene rings is 1. The molecule has 0 saturated carbocycles. The summed E-state index contributed by atoms with van der Waals surface area (Å²) in [6.45, 7) is 3.90. The summed E-state index contributed by atoms with van der Waals surface area (Å²) < 4.78 is 26.6. The third kappa shape index (κ3) is 3.06. The van der Waals surface area contributed by atoms with E-state index in [1.807, 2.05) is 25.1 Å². The van der Waals surface area contributed by atoms with Gasteiger partial charge in [0.2, 0.25) is 0 Å².